The molecule has 28 heavy (non-hydrogen) atoms. The molecule has 0 fully saturated rings. The SMILES string of the molecule is CCCCN(CCCC)CCCN1C(=O)C(O)=C(C(C)=O)[C@@H]1c1ccccc1. The summed E-state index contributed by atoms with van der Waals surface area (Å²) in [4.78, 5) is 28.9. The summed E-state index contributed by atoms with van der Waals surface area (Å²) in [5.41, 5.74) is 1.07. The van der Waals surface area contributed by atoms with Gasteiger partial charge in [0.15, 0.2) is 11.5 Å². The van der Waals surface area contributed by atoms with Crippen LogP contribution in [0.4, 0.5) is 0 Å². The van der Waals surface area contributed by atoms with Crippen LogP contribution >= 0.6 is 0 Å². The molecule has 5 nitrogen and oxygen atoms in total. The number of unbranched alkanes of at least 4 members (excludes halogenated alkanes) is 2. The molecule has 1 heterocycles. The Balaban J connectivity index is 2.10. The van der Waals surface area contributed by atoms with E-state index in [4.69, 9.17) is 0 Å². The highest BCUT2D eigenvalue weighted by atomic mass is 16.3. The number of hydrogen-bond acceptors (Lipinski definition) is 4. The van der Waals surface area contributed by atoms with Crippen molar-refractivity contribution in [1.29, 1.82) is 0 Å². The summed E-state index contributed by atoms with van der Waals surface area (Å²) in [6.45, 7) is 9.40. The number of nitrogens with zero attached hydrogens (tertiary/aromatic N) is 2. The van der Waals surface area contributed by atoms with Gasteiger partial charge >= 0.3 is 0 Å². The highest BCUT2D eigenvalue weighted by Gasteiger charge is 2.41. The van der Waals surface area contributed by atoms with Gasteiger partial charge in [0.2, 0.25) is 0 Å². The number of carbonyl (C=O) groups excluding carboxylic acids is 2. The van der Waals surface area contributed by atoms with E-state index in [1.807, 2.05) is 30.3 Å². The number of Topliss-reactive ketones (excluding diaryl/α,β-unsaturated/α-hetero) is 1. The molecule has 1 aliphatic heterocycles. The number of hydrogen-bond donors (Lipinski definition) is 1. The summed E-state index contributed by atoms with van der Waals surface area (Å²) in [6.07, 6.45) is 5.51. The lowest BCUT2D eigenvalue weighted by Gasteiger charge is -2.28. The smallest absolute Gasteiger partial charge is 0.290 e. The first kappa shape index (κ1) is 22.2. The Hall–Kier alpha value is -2.14. The van der Waals surface area contributed by atoms with Crippen molar-refractivity contribution < 1.29 is 14.7 Å². The molecule has 0 saturated heterocycles. The highest BCUT2D eigenvalue weighted by Crippen LogP contribution is 2.37. The number of rotatable bonds is 12. The minimum atomic E-state index is -0.495. The molecule has 0 aliphatic carbocycles. The van der Waals surface area contributed by atoms with Crippen molar-refractivity contribution in [3.05, 3.63) is 47.2 Å². The van der Waals surface area contributed by atoms with E-state index in [-0.39, 0.29) is 11.4 Å². The van der Waals surface area contributed by atoms with E-state index < -0.39 is 17.7 Å². The average Bonchev–Trinajstić information content (AvgIpc) is 2.95. The predicted molar refractivity (Wildman–Crippen MR) is 112 cm³/mol. The molecule has 0 unspecified atom stereocenters. The van der Waals surface area contributed by atoms with E-state index in [9.17, 15) is 14.7 Å². The van der Waals surface area contributed by atoms with Crippen LogP contribution in [0.2, 0.25) is 0 Å². The van der Waals surface area contributed by atoms with Gasteiger partial charge in [0.1, 0.15) is 0 Å². The second-order valence-corrected chi connectivity index (χ2v) is 7.53. The number of amides is 1. The third-order valence-electron chi connectivity index (χ3n) is 5.33. The highest BCUT2D eigenvalue weighted by molar-refractivity contribution is 6.08. The largest absolute Gasteiger partial charge is 0.503 e. The molecule has 1 aromatic carbocycles. The molecule has 1 atom stereocenters. The fourth-order valence-corrected chi connectivity index (χ4v) is 3.79. The Bertz CT molecular complexity index is 676. The number of aliphatic hydroxyl groups is 1. The average molecular weight is 387 g/mol. The lowest BCUT2D eigenvalue weighted by atomic mass is 9.97. The molecular weight excluding hydrogens is 352 g/mol. The summed E-state index contributed by atoms with van der Waals surface area (Å²) >= 11 is 0. The van der Waals surface area contributed by atoms with Gasteiger partial charge in [0, 0.05) is 6.54 Å². The predicted octanol–water partition coefficient (Wildman–Crippen LogP) is 4.26. The third-order valence-corrected chi connectivity index (χ3v) is 5.33. The molecule has 2 rings (SSSR count). The summed E-state index contributed by atoms with van der Waals surface area (Å²) in [5.74, 6) is -1.09. The van der Waals surface area contributed by atoms with Gasteiger partial charge in [-0.3, -0.25) is 9.59 Å². The maximum absolute atomic E-state index is 12.7. The zero-order valence-electron chi connectivity index (χ0n) is 17.5. The van der Waals surface area contributed by atoms with Crippen LogP contribution in [0, 0.1) is 0 Å². The Morgan fingerprint density at radius 1 is 1.04 bits per heavy atom. The first-order chi connectivity index (χ1) is 13.5. The monoisotopic (exact) mass is 386 g/mol. The van der Waals surface area contributed by atoms with Crippen molar-refractivity contribution in [3.63, 3.8) is 0 Å². The minimum Gasteiger partial charge on any atom is -0.503 e. The standard InChI is InChI=1S/C23H34N2O3/c1-4-6-14-24(15-7-5-2)16-11-17-25-21(19-12-9-8-10-13-19)20(18(3)26)22(27)23(25)28/h8-10,12-13,21,27H,4-7,11,14-17H2,1-3H3/t21-/m0/s1. The first-order valence-electron chi connectivity index (χ1n) is 10.5. The van der Waals surface area contributed by atoms with Gasteiger partial charge in [-0.2, -0.15) is 0 Å². The van der Waals surface area contributed by atoms with Gasteiger partial charge in [-0.15, -0.1) is 0 Å². The van der Waals surface area contributed by atoms with Gasteiger partial charge in [-0.25, -0.2) is 0 Å². The number of aliphatic hydroxyl groups excluding tert-OH is 1. The van der Waals surface area contributed by atoms with E-state index in [1.54, 1.807) is 4.90 Å². The molecule has 0 radical (unpaired) electrons. The van der Waals surface area contributed by atoms with Gasteiger partial charge < -0.3 is 14.9 Å². The van der Waals surface area contributed by atoms with Gasteiger partial charge in [0.25, 0.3) is 5.91 Å². The molecule has 0 saturated carbocycles. The van der Waals surface area contributed by atoms with Crippen molar-refractivity contribution >= 4 is 11.7 Å². The quantitative estimate of drug-likeness (QED) is 0.583. The van der Waals surface area contributed by atoms with Gasteiger partial charge in [-0.05, 0) is 51.4 Å². The van der Waals surface area contributed by atoms with E-state index in [1.165, 1.54) is 32.6 Å². The van der Waals surface area contributed by atoms with Crippen LogP contribution < -0.4 is 0 Å². The van der Waals surface area contributed by atoms with Gasteiger partial charge in [-0.1, -0.05) is 57.0 Å². The first-order valence-corrected chi connectivity index (χ1v) is 10.5. The van der Waals surface area contributed by atoms with Crippen LogP contribution in [0.3, 0.4) is 0 Å². The molecule has 154 valence electrons. The molecule has 0 bridgehead atoms. The Kier molecular flexibility index (Phi) is 8.71. The summed E-state index contributed by atoms with van der Waals surface area (Å²) in [5, 5.41) is 10.3. The maximum atomic E-state index is 12.7. The lowest BCUT2D eigenvalue weighted by molar-refractivity contribution is -0.129. The molecule has 0 spiro atoms. The van der Waals surface area contributed by atoms with Crippen LogP contribution in [-0.4, -0.2) is 52.8 Å². The molecule has 1 amide bonds. The fraction of sp³-hybridized carbons (Fsp3) is 0.565. The molecule has 1 N–H and O–H groups in total. The number of ketones is 1. The zero-order chi connectivity index (χ0) is 20.5. The minimum absolute atomic E-state index is 0.213. The lowest BCUT2D eigenvalue weighted by Crippen LogP contribution is -2.35. The third kappa shape index (κ3) is 5.44. The van der Waals surface area contributed by atoms with Crippen molar-refractivity contribution in [2.75, 3.05) is 26.2 Å². The van der Waals surface area contributed by atoms with E-state index in [2.05, 4.69) is 18.7 Å². The van der Waals surface area contributed by atoms with Crippen molar-refractivity contribution in [1.82, 2.24) is 9.80 Å². The molecule has 0 aromatic heterocycles. The van der Waals surface area contributed by atoms with Crippen LogP contribution in [0.1, 0.15) is 64.5 Å². The Morgan fingerprint density at radius 2 is 1.61 bits per heavy atom. The fourth-order valence-electron chi connectivity index (χ4n) is 3.79. The van der Waals surface area contributed by atoms with Crippen LogP contribution in [-0.2, 0) is 9.59 Å². The van der Waals surface area contributed by atoms with Crippen LogP contribution in [0.5, 0.6) is 0 Å². The van der Waals surface area contributed by atoms with Crippen molar-refractivity contribution in [2.45, 2.75) is 58.9 Å². The summed E-state index contributed by atoms with van der Waals surface area (Å²) in [6, 6.07) is 9.00. The van der Waals surface area contributed by atoms with E-state index in [0.29, 0.717) is 6.54 Å². The maximum Gasteiger partial charge on any atom is 0.290 e. The van der Waals surface area contributed by atoms with Gasteiger partial charge in [0.05, 0.1) is 11.6 Å². The zero-order valence-corrected chi connectivity index (χ0v) is 17.5. The van der Waals surface area contributed by atoms with Crippen LogP contribution in [0.15, 0.2) is 41.7 Å². The van der Waals surface area contributed by atoms with Crippen molar-refractivity contribution in [2.24, 2.45) is 0 Å². The van der Waals surface area contributed by atoms with Crippen LogP contribution in [0.25, 0.3) is 0 Å². The second-order valence-electron chi connectivity index (χ2n) is 7.53. The van der Waals surface area contributed by atoms with Crippen molar-refractivity contribution in [3.8, 4) is 0 Å². The Morgan fingerprint density at radius 3 is 2.14 bits per heavy atom. The summed E-state index contributed by atoms with van der Waals surface area (Å²) < 4.78 is 0. The number of benzene rings is 1. The second kappa shape index (κ2) is 11.0. The Labute approximate surface area is 169 Å². The van der Waals surface area contributed by atoms with E-state index in [0.717, 1.165) is 31.6 Å². The molecule has 5 heteroatoms. The molecular formula is C23H34N2O3. The van der Waals surface area contributed by atoms with E-state index >= 15 is 0 Å². The molecule has 1 aliphatic rings. The summed E-state index contributed by atoms with van der Waals surface area (Å²) in [7, 11) is 0. The topological polar surface area (TPSA) is 60.9 Å². The normalized spacial score (nSPS) is 17.1. The number of carbonyl (C=O) groups is 2. The molecule has 1 aromatic rings.